The molecule has 0 N–H and O–H groups in total. The van der Waals surface area contributed by atoms with Gasteiger partial charge in [0.1, 0.15) is 6.67 Å². The zero-order valence-corrected chi connectivity index (χ0v) is 10.3. The third-order valence-corrected chi connectivity index (χ3v) is 2.41. The molecule has 0 aliphatic heterocycles. The topological polar surface area (TPSA) is 22.1 Å². The number of halogens is 8. The van der Waals surface area contributed by atoms with Gasteiger partial charge < -0.3 is 4.74 Å². The second kappa shape index (κ2) is 5.05. The molecular formula is C8H3F7INO. The summed E-state index contributed by atoms with van der Waals surface area (Å²) >= 11 is 1.18. The van der Waals surface area contributed by atoms with Crippen molar-refractivity contribution in [2.24, 2.45) is 0 Å². The van der Waals surface area contributed by atoms with Gasteiger partial charge >= 0.3 is 12.5 Å². The summed E-state index contributed by atoms with van der Waals surface area (Å²) in [6.45, 7) is -1.33. The standard InChI is InChI=1S/C8H3F7INO/c9-2-3-1-4(16)5(18-8(13,14)15)6(17-3)7(10,11)12/h1H,2H2. The largest absolute Gasteiger partial charge is 0.573 e. The molecule has 0 aromatic carbocycles. The van der Waals surface area contributed by atoms with E-state index in [4.69, 9.17) is 0 Å². The molecular weight excluding hydrogens is 386 g/mol. The van der Waals surface area contributed by atoms with Crippen LogP contribution in [0.1, 0.15) is 11.4 Å². The monoisotopic (exact) mass is 389 g/mol. The maximum Gasteiger partial charge on any atom is 0.573 e. The van der Waals surface area contributed by atoms with Crippen molar-refractivity contribution in [3.05, 3.63) is 21.0 Å². The van der Waals surface area contributed by atoms with Crippen molar-refractivity contribution < 1.29 is 35.5 Å². The van der Waals surface area contributed by atoms with Gasteiger partial charge in [0.25, 0.3) is 0 Å². The predicted octanol–water partition coefficient (Wildman–Crippen LogP) is 4.07. The van der Waals surface area contributed by atoms with Crippen molar-refractivity contribution in [1.82, 2.24) is 4.98 Å². The minimum atomic E-state index is -5.29. The summed E-state index contributed by atoms with van der Waals surface area (Å²) in [4.78, 5) is 2.78. The van der Waals surface area contributed by atoms with Crippen LogP contribution in [0.15, 0.2) is 6.07 Å². The molecule has 10 heteroatoms. The lowest BCUT2D eigenvalue weighted by molar-refractivity contribution is -0.276. The molecule has 0 unspecified atom stereocenters. The van der Waals surface area contributed by atoms with Gasteiger partial charge in [0.05, 0.1) is 9.26 Å². The van der Waals surface area contributed by atoms with Crippen molar-refractivity contribution in [2.45, 2.75) is 19.2 Å². The SMILES string of the molecule is FCc1cc(I)c(OC(F)(F)F)c(C(F)(F)F)n1. The van der Waals surface area contributed by atoms with E-state index in [1.165, 1.54) is 22.6 Å². The minimum absolute atomic E-state index is 0.528. The zero-order chi connectivity index (χ0) is 14.1. The van der Waals surface area contributed by atoms with Crippen LogP contribution in [0.4, 0.5) is 30.7 Å². The Morgan fingerprint density at radius 1 is 1.17 bits per heavy atom. The van der Waals surface area contributed by atoms with E-state index in [9.17, 15) is 30.7 Å². The molecule has 0 saturated heterocycles. The van der Waals surface area contributed by atoms with E-state index in [0.29, 0.717) is 0 Å². The molecule has 0 spiro atoms. The first-order valence-corrected chi connectivity index (χ1v) is 5.21. The Labute approximate surface area is 109 Å². The maximum atomic E-state index is 12.5. The Bertz CT molecular complexity index is 442. The van der Waals surface area contributed by atoms with E-state index in [1.54, 1.807) is 0 Å². The summed E-state index contributed by atoms with van der Waals surface area (Å²) in [7, 11) is 0. The first-order chi connectivity index (χ1) is 8.04. The predicted molar refractivity (Wildman–Crippen MR) is 53.5 cm³/mol. The van der Waals surface area contributed by atoms with Crippen LogP contribution in [-0.2, 0) is 12.9 Å². The summed E-state index contributed by atoms with van der Waals surface area (Å²) in [6.07, 6.45) is -10.5. The van der Waals surface area contributed by atoms with E-state index in [0.717, 1.165) is 6.07 Å². The molecule has 0 aliphatic carbocycles. The van der Waals surface area contributed by atoms with Gasteiger partial charge in [-0.05, 0) is 28.7 Å². The van der Waals surface area contributed by atoms with Gasteiger partial charge in [-0.3, -0.25) is 0 Å². The lowest BCUT2D eigenvalue weighted by atomic mass is 10.2. The molecule has 1 aromatic rings. The Morgan fingerprint density at radius 3 is 2.11 bits per heavy atom. The number of nitrogens with zero attached hydrogens (tertiary/aromatic N) is 1. The van der Waals surface area contributed by atoms with Gasteiger partial charge in [-0.15, -0.1) is 13.2 Å². The number of hydrogen-bond donors (Lipinski definition) is 0. The fourth-order valence-corrected chi connectivity index (χ4v) is 1.75. The number of rotatable bonds is 2. The Balaban J connectivity index is 3.39. The molecule has 0 fully saturated rings. The van der Waals surface area contributed by atoms with Crippen LogP contribution in [0, 0.1) is 3.57 Å². The highest BCUT2D eigenvalue weighted by molar-refractivity contribution is 14.1. The van der Waals surface area contributed by atoms with Crippen LogP contribution in [0.25, 0.3) is 0 Å². The molecule has 0 saturated carbocycles. The second-order valence-electron chi connectivity index (χ2n) is 2.95. The molecule has 0 aliphatic rings. The average molecular weight is 389 g/mol. The molecule has 102 valence electrons. The number of hydrogen-bond acceptors (Lipinski definition) is 2. The molecule has 1 aromatic heterocycles. The fourth-order valence-electron chi connectivity index (χ4n) is 1.02. The first-order valence-electron chi connectivity index (χ1n) is 4.13. The molecule has 1 rings (SSSR count). The molecule has 0 radical (unpaired) electrons. The van der Waals surface area contributed by atoms with Crippen molar-refractivity contribution in [1.29, 1.82) is 0 Å². The molecule has 0 bridgehead atoms. The Hall–Kier alpha value is -0.810. The average Bonchev–Trinajstić information content (AvgIpc) is 2.17. The summed E-state index contributed by atoms with van der Waals surface area (Å²) in [5.41, 5.74) is -2.53. The molecule has 18 heavy (non-hydrogen) atoms. The van der Waals surface area contributed by atoms with Crippen LogP contribution in [0.3, 0.4) is 0 Å². The van der Waals surface area contributed by atoms with Crippen molar-refractivity contribution in [3.8, 4) is 5.75 Å². The smallest absolute Gasteiger partial charge is 0.402 e. The molecule has 0 atom stereocenters. The highest BCUT2D eigenvalue weighted by Gasteiger charge is 2.42. The normalized spacial score (nSPS) is 12.7. The highest BCUT2D eigenvalue weighted by Crippen LogP contribution is 2.40. The van der Waals surface area contributed by atoms with Crippen molar-refractivity contribution >= 4 is 22.6 Å². The zero-order valence-electron chi connectivity index (χ0n) is 8.16. The first kappa shape index (κ1) is 15.2. The van der Waals surface area contributed by atoms with E-state index in [2.05, 4.69) is 9.72 Å². The van der Waals surface area contributed by atoms with Crippen LogP contribution in [0.2, 0.25) is 0 Å². The van der Waals surface area contributed by atoms with E-state index in [1.807, 2.05) is 0 Å². The lowest BCUT2D eigenvalue weighted by Gasteiger charge is -2.16. The van der Waals surface area contributed by atoms with Crippen LogP contribution >= 0.6 is 22.6 Å². The number of ether oxygens (including phenoxy) is 1. The van der Waals surface area contributed by atoms with Crippen LogP contribution in [0.5, 0.6) is 5.75 Å². The third kappa shape index (κ3) is 3.85. The minimum Gasteiger partial charge on any atom is -0.402 e. The highest BCUT2D eigenvalue weighted by atomic mass is 127. The van der Waals surface area contributed by atoms with Crippen LogP contribution < -0.4 is 4.74 Å². The van der Waals surface area contributed by atoms with Gasteiger partial charge in [0, 0.05) is 0 Å². The summed E-state index contributed by atoms with van der Waals surface area (Å²) < 4.78 is 88.4. The third-order valence-electron chi connectivity index (χ3n) is 1.60. The van der Waals surface area contributed by atoms with Gasteiger partial charge in [0.15, 0.2) is 11.4 Å². The lowest BCUT2D eigenvalue weighted by Crippen LogP contribution is -2.22. The van der Waals surface area contributed by atoms with Crippen molar-refractivity contribution in [2.75, 3.05) is 0 Å². The van der Waals surface area contributed by atoms with E-state index < -0.39 is 39.9 Å². The van der Waals surface area contributed by atoms with Crippen LogP contribution in [-0.4, -0.2) is 11.3 Å². The van der Waals surface area contributed by atoms with Gasteiger partial charge in [0.2, 0.25) is 0 Å². The van der Waals surface area contributed by atoms with Crippen molar-refractivity contribution in [3.63, 3.8) is 0 Å². The summed E-state index contributed by atoms with van der Waals surface area (Å²) in [5, 5.41) is 0. The Kier molecular flexibility index (Phi) is 4.28. The van der Waals surface area contributed by atoms with Gasteiger partial charge in [-0.25, -0.2) is 9.37 Å². The quantitative estimate of drug-likeness (QED) is 0.562. The fraction of sp³-hybridized carbons (Fsp3) is 0.375. The number of alkyl halides is 7. The molecule has 1 heterocycles. The summed E-state index contributed by atoms with van der Waals surface area (Å²) in [6, 6.07) is 0.747. The van der Waals surface area contributed by atoms with E-state index >= 15 is 0 Å². The summed E-state index contributed by atoms with van der Waals surface area (Å²) in [5.74, 6) is -1.48. The van der Waals surface area contributed by atoms with Gasteiger partial charge in [-0.2, -0.15) is 13.2 Å². The number of aromatic nitrogens is 1. The van der Waals surface area contributed by atoms with Gasteiger partial charge in [-0.1, -0.05) is 0 Å². The molecule has 0 amide bonds. The molecule has 2 nitrogen and oxygen atoms in total. The Morgan fingerprint density at radius 2 is 1.72 bits per heavy atom. The number of pyridine rings is 1. The maximum absolute atomic E-state index is 12.5. The van der Waals surface area contributed by atoms with E-state index in [-0.39, 0.29) is 0 Å². The second-order valence-corrected chi connectivity index (χ2v) is 4.11.